The Labute approximate surface area is 101 Å². The molecule has 1 aliphatic carbocycles. The number of nitriles is 1. The van der Waals surface area contributed by atoms with Crippen molar-refractivity contribution in [1.82, 2.24) is 10.2 Å². The van der Waals surface area contributed by atoms with Gasteiger partial charge in [-0.2, -0.15) is 5.26 Å². The zero-order valence-corrected chi connectivity index (χ0v) is 9.82. The van der Waals surface area contributed by atoms with E-state index in [-0.39, 0.29) is 36.9 Å². The van der Waals surface area contributed by atoms with Crippen molar-refractivity contribution < 1.29 is 9.59 Å². The topological polar surface area (TPSA) is 73.2 Å². The van der Waals surface area contributed by atoms with Gasteiger partial charge in [-0.3, -0.25) is 19.8 Å². The molecule has 0 aromatic carbocycles. The number of nitrogens with one attached hydrogen (secondary N) is 1. The second kappa shape index (κ2) is 5.28. The van der Waals surface area contributed by atoms with E-state index in [1.807, 2.05) is 4.90 Å². The van der Waals surface area contributed by atoms with Crippen LogP contribution in [0.25, 0.3) is 0 Å². The van der Waals surface area contributed by atoms with Crippen LogP contribution in [-0.2, 0) is 9.59 Å². The minimum absolute atomic E-state index is 0.0452. The Kier molecular flexibility index (Phi) is 3.75. The molecule has 1 aliphatic heterocycles. The van der Waals surface area contributed by atoms with Gasteiger partial charge in [0.2, 0.25) is 11.8 Å². The first-order valence-corrected chi connectivity index (χ1v) is 6.17. The fourth-order valence-corrected chi connectivity index (χ4v) is 2.77. The van der Waals surface area contributed by atoms with E-state index in [9.17, 15) is 14.9 Å². The van der Waals surface area contributed by atoms with Gasteiger partial charge in [-0.15, -0.1) is 0 Å². The van der Waals surface area contributed by atoms with Crippen LogP contribution in [0.15, 0.2) is 0 Å². The van der Waals surface area contributed by atoms with Gasteiger partial charge < -0.3 is 0 Å². The molecule has 0 radical (unpaired) electrons. The molecule has 2 atom stereocenters. The predicted molar refractivity (Wildman–Crippen MR) is 60.7 cm³/mol. The lowest BCUT2D eigenvalue weighted by Crippen LogP contribution is -2.56. The highest BCUT2D eigenvalue weighted by atomic mass is 16.2. The number of imide groups is 1. The summed E-state index contributed by atoms with van der Waals surface area (Å²) in [5, 5.41) is 11.5. The van der Waals surface area contributed by atoms with E-state index in [0.717, 1.165) is 32.1 Å². The zero-order chi connectivity index (χ0) is 12.3. The average Bonchev–Trinajstić information content (AvgIpc) is 2.52. The molecule has 0 aromatic rings. The Morgan fingerprint density at radius 1 is 1.12 bits per heavy atom. The van der Waals surface area contributed by atoms with Gasteiger partial charge in [0, 0.05) is 6.04 Å². The first-order valence-electron chi connectivity index (χ1n) is 6.17. The molecule has 2 rings (SSSR count). The van der Waals surface area contributed by atoms with E-state index in [1.165, 1.54) is 0 Å². The molecule has 1 heterocycles. The molecule has 1 saturated heterocycles. The van der Waals surface area contributed by atoms with E-state index in [4.69, 9.17) is 0 Å². The fourth-order valence-electron chi connectivity index (χ4n) is 2.77. The van der Waals surface area contributed by atoms with Crippen LogP contribution in [0.3, 0.4) is 0 Å². The number of amides is 2. The Bertz CT molecular complexity index is 345. The van der Waals surface area contributed by atoms with Crippen LogP contribution in [0.4, 0.5) is 0 Å². The lowest BCUT2D eigenvalue weighted by atomic mass is 9.94. The molecule has 0 spiro atoms. The summed E-state index contributed by atoms with van der Waals surface area (Å²) in [6, 6.07) is 2.40. The van der Waals surface area contributed by atoms with E-state index in [1.54, 1.807) is 0 Å². The summed E-state index contributed by atoms with van der Waals surface area (Å²) in [4.78, 5) is 24.6. The van der Waals surface area contributed by atoms with Crippen molar-refractivity contribution in [2.45, 2.75) is 38.1 Å². The van der Waals surface area contributed by atoms with Crippen molar-refractivity contribution in [2.75, 3.05) is 13.1 Å². The third-order valence-corrected chi connectivity index (χ3v) is 3.59. The molecule has 5 heteroatoms. The molecule has 92 valence electrons. The molecular weight excluding hydrogens is 218 g/mol. The van der Waals surface area contributed by atoms with Crippen LogP contribution in [0.1, 0.15) is 32.1 Å². The first-order chi connectivity index (χ1) is 8.20. The van der Waals surface area contributed by atoms with Crippen LogP contribution < -0.4 is 5.32 Å². The van der Waals surface area contributed by atoms with Gasteiger partial charge in [0.25, 0.3) is 0 Å². The van der Waals surface area contributed by atoms with Gasteiger partial charge in [0.05, 0.1) is 25.1 Å². The predicted octanol–water partition coefficient (Wildman–Crippen LogP) is 0.417. The minimum atomic E-state index is -0.248. The maximum absolute atomic E-state index is 11.4. The summed E-state index contributed by atoms with van der Waals surface area (Å²) in [5.74, 6) is -0.541. The molecule has 17 heavy (non-hydrogen) atoms. The van der Waals surface area contributed by atoms with Crippen LogP contribution >= 0.6 is 0 Å². The summed E-state index contributed by atoms with van der Waals surface area (Å²) in [6.45, 7) is 0.489. The second-order valence-corrected chi connectivity index (χ2v) is 4.82. The van der Waals surface area contributed by atoms with Crippen molar-refractivity contribution >= 4 is 11.8 Å². The maximum atomic E-state index is 11.4. The van der Waals surface area contributed by atoms with Crippen LogP contribution in [0.2, 0.25) is 0 Å². The largest absolute Gasteiger partial charge is 0.294 e. The number of rotatable bonds is 1. The molecule has 0 bridgehead atoms. The van der Waals surface area contributed by atoms with Crippen molar-refractivity contribution in [3.05, 3.63) is 0 Å². The number of nitrogens with zero attached hydrogens (tertiary/aromatic N) is 2. The van der Waals surface area contributed by atoms with Gasteiger partial charge in [0.1, 0.15) is 0 Å². The zero-order valence-electron chi connectivity index (χ0n) is 9.82. The smallest absolute Gasteiger partial charge is 0.240 e. The van der Waals surface area contributed by atoms with E-state index in [0.29, 0.717) is 0 Å². The summed E-state index contributed by atoms with van der Waals surface area (Å²) >= 11 is 0. The number of hydrogen-bond donors (Lipinski definition) is 1. The molecule has 2 amide bonds. The number of piperazine rings is 1. The highest BCUT2D eigenvalue weighted by molar-refractivity contribution is 5.99. The van der Waals surface area contributed by atoms with Crippen molar-refractivity contribution in [1.29, 1.82) is 5.26 Å². The summed E-state index contributed by atoms with van der Waals surface area (Å²) < 4.78 is 0. The lowest BCUT2D eigenvalue weighted by Gasteiger charge is -2.34. The molecular formula is C12H17N3O2. The minimum Gasteiger partial charge on any atom is -0.294 e. The third-order valence-electron chi connectivity index (χ3n) is 3.59. The number of carbonyl (C=O) groups excluding carboxylic acids is 2. The normalized spacial score (nSPS) is 31.5. The summed E-state index contributed by atoms with van der Waals surface area (Å²) in [7, 11) is 0. The second-order valence-electron chi connectivity index (χ2n) is 4.82. The Balaban J connectivity index is 2.10. The third kappa shape index (κ3) is 2.83. The Morgan fingerprint density at radius 2 is 1.76 bits per heavy atom. The van der Waals surface area contributed by atoms with E-state index >= 15 is 0 Å². The molecule has 2 aliphatic rings. The molecule has 0 aromatic heterocycles. The monoisotopic (exact) mass is 235 g/mol. The van der Waals surface area contributed by atoms with Crippen LogP contribution in [-0.4, -0.2) is 35.8 Å². The van der Waals surface area contributed by atoms with Gasteiger partial charge in [-0.25, -0.2) is 0 Å². The molecule has 2 unspecified atom stereocenters. The molecule has 2 fully saturated rings. The highest BCUT2D eigenvalue weighted by Gasteiger charge is 2.33. The van der Waals surface area contributed by atoms with Crippen molar-refractivity contribution in [3.63, 3.8) is 0 Å². The van der Waals surface area contributed by atoms with Crippen molar-refractivity contribution in [2.24, 2.45) is 5.92 Å². The molecule has 5 nitrogen and oxygen atoms in total. The summed E-state index contributed by atoms with van der Waals surface area (Å²) in [6.07, 6.45) is 5.09. The van der Waals surface area contributed by atoms with E-state index < -0.39 is 0 Å². The quantitative estimate of drug-likeness (QED) is 0.528. The summed E-state index contributed by atoms with van der Waals surface area (Å²) in [5.41, 5.74) is 0. The van der Waals surface area contributed by atoms with Gasteiger partial charge in [0.15, 0.2) is 0 Å². The number of carbonyl (C=O) groups is 2. The first kappa shape index (κ1) is 12.1. The average molecular weight is 235 g/mol. The molecule has 1 saturated carbocycles. The standard InChI is InChI=1S/C12H17N3O2/c13-6-9-4-2-1-3-5-10(9)15-7-11(16)14-12(17)8-15/h9-10H,1-5,7-8H2,(H,14,16,17). The fraction of sp³-hybridized carbons (Fsp3) is 0.750. The Hall–Kier alpha value is -1.41. The molecule has 1 N–H and O–H groups in total. The maximum Gasteiger partial charge on any atom is 0.240 e. The van der Waals surface area contributed by atoms with Crippen LogP contribution in [0.5, 0.6) is 0 Å². The number of hydrogen-bond acceptors (Lipinski definition) is 4. The van der Waals surface area contributed by atoms with Gasteiger partial charge in [-0.1, -0.05) is 19.3 Å². The lowest BCUT2D eigenvalue weighted by molar-refractivity contribution is -0.137. The van der Waals surface area contributed by atoms with Crippen molar-refractivity contribution in [3.8, 4) is 6.07 Å². The SMILES string of the molecule is N#CC1CCCCCC1N1CC(=O)NC(=O)C1. The van der Waals surface area contributed by atoms with E-state index in [2.05, 4.69) is 11.4 Å². The van der Waals surface area contributed by atoms with Crippen LogP contribution in [0, 0.1) is 17.2 Å². The van der Waals surface area contributed by atoms with Gasteiger partial charge in [-0.05, 0) is 12.8 Å². The van der Waals surface area contributed by atoms with Gasteiger partial charge >= 0.3 is 0 Å². The Morgan fingerprint density at radius 3 is 2.41 bits per heavy atom. The highest BCUT2D eigenvalue weighted by Crippen LogP contribution is 2.27.